The maximum absolute atomic E-state index is 12.6. The molecule has 1 aliphatic carbocycles. The van der Waals surface area contributed by atoms with Gasteiger partial charge in [-0.2, -0.15) is 0 Å². The summed E-state index contributed by atoms with van der Waals surface area (Å²) in [5.41, 5.74) is 4.42. The number of rotatable bonds is 10. The Morgan fingerprint density at radius 3 is 2.00 bits per heavy atom. The van der Waals surface area contributed by atoms with Crippen LogP contribution in [-0.4, -0.2) is 54.8 Å². The number of amides is 2. The van der Waals surface area contributed by atoms with Crippen LogP contribution in [0, 0.1) is 5.92 Å². The first-order valence-electron chi connectivity index (χ1n) is 11.4. The van der Waals surface area contributed by atoms with Crippen LogP contribution in [0.2, 0.25) is 0 Å². The van der Waals surface area contributed by atoms with Gasteiger partial charge in [0.15, 0.2) is 0 Å². The Morgan fingerprint density at radius 1 is 0.914 bits per heavy atom. The molecular formula is C26H30N2O7. The van der Waals surface area contributed by atoms with Crippen molar-refractivity contribution in [3.05, 3.63) is 59.7 Å². The lowest BCUT2D eigenvalue weighted by Gasteiger charge is -2.23. The first kappa shape index (κ1) is 25.7. The quantitative estimate of drug-likeness (QED) is 0.444. The number of fused-ring (bicyclic) bond motifs is 3. The van der Waals surface area contributed by atoms with Crippen LogP contribution in [0.15, 0.2) is 48.5 Å². The number of methoxy groups -OCH3 is 1. The molecule has 9 heteroatoms. The largest absolute Gasteiger partial charge is 0.480 e. The third-order valence-corrected chi connectivity index (χ3v) is 6.09. The van der Waals surface area contributed by atoms with E-state index in [1.165, 1.54) is 0 Å². The van der Waals surface area contributed by atoms with Crippen LogP contribution in [0.4, 0.5) is 4.79 Å². The number of benzene rings is 2. The molecule has 3 N–H and O–H groups in total. The van der Waals surface area contributed by atoms with Gasteiger partial charge in [0.05, 0.1) is 13.5 Å². The molecular weight excluding hydrogens is 452 g/mol. The van der Waals surface area contributed by atoms with E-state index in [1.807, 2.05) is 62.4 Å². The molecule has 0 aromatic heterocycles. The minimum atomic E-state index is -1.42. The summed E-state index contributed by atoms with van der Waals surface area (Å²) in [5.74, 6) is -2.95. The molecule has 0 unspecified atom stereocenters. The fraction of sp³-hybridized carbons (Fsp3) is 0.385. The Bertz CT molecular complexity index is 1050. The molecule has 0 saturated carbocycles. The van der Waals surface area contributed by atoms with Crippen molar-refractivity contribution in [2.45, 2.75) is 44.7 Å². The zero-order valence-corrected chi connectivity index (χ0v) is 19.9. The number of nitrogens with one attached hydrogen (secondary N) is 2. The molecule has 2 atom stereocenters. The van der Waals surface area contributed by atoms with E-state index in [0.717, 1.165) is 29.4 Å². The number of aliphatic carboxylic acids is 1. The van der Waals surface area contributed by atoms with Gasteiger partial charge in [-0.05, 0) is 28.2 Å². The second-order valence-electron chi connectivity index (χ2n) is 8.76. The van der Waals surface area contributed by atoms with E-state index in [9.17, 15) is 24.3 Å². The second-order valence-corrected chi connectivity index (χ2v) is 8.76. The average Bonchev–Trinajstić information content (AvgIpc) is 3.15. The average molecular weight is 483 g/mol. The van der Waals surface area contributed by atoms with Crippen LogP contribution >= 0.6 is 0 Å². The molecule has 0 heterocycles. The number of carboxylic acid groups (broad SMARTS) is 1. The number of carbonyl (C=O) groups excluding carboxylic acids is 3. The van der Waals surface area contributed by atoms with E-state index in [-0.39, 0.29) is 24.9 Å². The van der Waals surface area contributed by atoms with Gasteiger partial charge in [-0.3, -0.25) is 9.59 Å². The molecule has 0 radical (unpaired) electrons. The minimum Gasteiger partial charge on any atom is -0.480 e. The van der Waals surface area contributed by atoms with Crippen molar-refractivity contribution in [3.63, 3.8) is 0 Å². The summed E-state index contributed by atoms with van der Waals surface area (Å²) in [6.45, 7) is 3.78. The summed E-state index contributed by atoms with van der Waals surface area (Å²) >= 11 is 0. The number of alkyl carbamates (subject to hydrolysis) is 1. The molecule has 0 aliphatic heterocycles. The summed E-state index contributed by atoms with van der Waals surface area (Å²) < 4.78 is 10.0. The van der Waals surface area contributed by atoms with E-state index in [2.05, 4.69) is 15.4 Å². The van der Waals surface area contributed by atoms with Gasteiger partial charge in [-0.15, -0.1) is 0 Å². The van der Waals surface area contributed by atoms with Crippen LogP contribution in [0.5, 0.6) is 0 Å². The maximum atomic E-state index is 12.6. The van der Waals surface area contributed by atoms with Crippen molar-refractivity contribution in [1.29, 1.82) is 0 Å². The van der Waals surface area contributed by atoms with Crippen LogP contribution in [0.1, 0.15) is 43.7 Å². The Kier molecular flexibility index (Phi) is 8.46. The van der Waals surface area contributed by atoms with Gasteiger partial charge in [0.1, 0.15) is 12.6 Å². The summed E-state index contributed by atoms with van der Waals surface area (Å²) in [6.07, 6.45) is -1.33. The van der Waals surface area contributed by atoms with Gasteiger partial charge in [0.25, 0.3) is 0 Å². The summed E-state index contributed by atoms with van der Waals surface area (Å²) in [6, 6.07) is 14.0. The first-order valence-corrected chi connectivity index (χ1v) is 11.4. The Balaban J connectivity index is 1.59. The van der Waals surface area contributed by atoms with Crippen molar-refractivity contribution in [3.8, 4) is 11.1 Å². The fourth-order valence-electron chi connectivity index (χ4n) is 4.15. The standard InChI is InChI=1S/C26H30N2O7/c1-15(2)21(12-23(29)27-22(25(31)32)13-24(30)34-3)28-26(33)35-14-20-18-10-6-4-8-16(18)17-9-5-7-11-19(17)20/h4-11,15,20-22H,12-14H2,1-3H3,(H,27,29)(H,28,33)(H,31,32)/t21-,22+/m1/s1. The molecule has 186 valence electrons. The highest BCUT2D eigenvalue weighted by atomic mass is 16.5. The molecule has 3 rings (SSSR count). The topological polar surface area (TPSA) is 131 Å². The maximum Gasteiger partial charge on any atom is 0.407 e. The summed E-state index contributed by atoms with van der Waals surface area (Å²) in [7, 11) is 1.14. The highest BCUT2D eigenvalue weighted by Crippen LogP contribution is 2.44. The second kappa shape index (κ2) is 11.5. The zero-order valence-electron chi connectivity index (χ0n) is 19.9. The highest BCUT2D eigenvalue weighted by Gasteiger charge is 2.30. The predicted molar refractivity (Wildman–Crippen MR) is 128 cm³/mol. The molecule has 2 aromatic rings. The van der Waals surface area contributed by atoms with Crippen molar-refractivity contribution in [1.82, 2.24) is 10.6 Å². The van der Waals surface area contributed by atoms with Gasteiger partial charge in [0, 0.05) is 18.4 Å². The van der Waals surface area contributed by atoms with Crippen LogP contribution in [0.3, 0.4) is 0 Å². The lowest BCUT2D eigenvalue weighted by Crippen LogP contribution is -2.47. The van der Waals surface area contributed by atoms with Gasteiger partial charge in [0.2, 0.25) is 5.91 Å². The van der Waals surface area contributed by atoms with E-state index < -0.39 is 42.4 Å². The molecule has 0 fully saturated rings. The molecule has 2 aromatic carbocycles. The van der Waals surface area contributed by atoms with Gasteiger partial charge >= 0.3 is 18.0 Å². The smallest absolute Gasteiger partial charge is 0.407 e. The predicted octanol–water partition coefficient (Wildman–Crippen LogP) is 3.07. The van der Waals surface area contributed by atoms with Crippen molar-refractivity contribution < 1.29 is 33.8 Å². The van der Waals surface area contributed by atoms with Crippen LogP contribution < -0.4 is 10.6 Å². The number of carboxylic acids is 1. The molecule has 9 nitrogen and oxygen atoms in total. The van der Waals surface area contributed by atoms with E-state index in [0.29, 0.717) is 0 Å². The molecule has 0 saturated heterocycles. The van der Waals surface area contributed by atoms with Crippen molar-refractivity contribution in [2.24, 2.45) is 5.92 Å². The number of ether oxygens (including phenoxy) is 2. The van der Waals surface area contributed by atoms with Crippen molar-refractivity contribution in [2.75, 3.05) is 13.7 Å². The molecule has 0 spiro atoms. The van der Waals surface area contributed by atoms with Gasteiger partial charge in [-0.1, -0.05) is 62.4 Å². The number of esters is 1. The summed E-state index contributed by atoms with van der Waals surface area (Å²) in [4.78, 5) is 47.8. The SMILES string of the molecule is COC(=O)C[C@H](NC(=O)C[C@@H](NC(=O)OCC1c2ccccc2-c2ccccc21)C(C)C)C(=O)O. The van der Waals surface area contributed by atoms with E-state index in [1.54, 1.807) is 0 Å². The molecule has 0 bridgehead atoms. The third kappa shape index (κ3) is 6.38. The number of hydrogen-bond donors (Lipinski definition) is 3. The Hall–Kier alpha value is -3.88. The van der Waals surface area contributed by atoms with Crippen molar-refractivity contribution >= 4 is 23.9 Å². The fourth-order valence-corrected chi connectivity index (χ4v) is 4.15. The lowest BCUT2D eigenvalue weighted by atomic mass is 9.98. The van der Waals surface area contributed by atoms with Crippen LogP contribution in [0.25, 0.3) is 11.1 Å². The number of carbonyl (C=O) groups is 4. The summed E-state index contributed by atoms with van der Waals surface area (Å²) in [5, 5.41) is 14.3. The minimum absolute atomic E-state index is 0.0939. The number of hydrogen-bond acceptors (Lipinski definition) is 6. The highest BCUT2D eigenvalue weighted by molar-refractivity contribution is 5.87. The normalized spacial score (nSPS) is 13.8. The molecule has 2 amide bonds. The third-order valence-electron chi connectivity index (χ3n) is 6.09. The van der Waals surface area contributed by atoms with Gasteiger partial charge in [-0.25, -0.2) is 9.59 Å². The Labute approximate surface area is 203 Å². The zero-order chi connectivity index (χ0) is 25.5. The van der Waals surface area contributed by atoms with E-state index >= 15 is 0 Å². The molecule has 1 aliphatic rings. The Morgan fingerprint density at radius 2 is 1.49 bits per heavy atom. The van der Waals surface area contributed by atoms with Crippen LogP contribution in [-0.2, 0) is 23.9 Å². The molecule has 35 heavy (non-hydrogen) atoms. The first-order chi connectivity index (χ1) is 16.7. The van der Waals surface area contributed by atoms with Gasteiger partial charge < -0.3 is 25.2 Å². The monoisotopic (exact) mass is 482 g/mol. The van der Waals surface area contributed by atoms with E-state index in [4.69, 9.17) is 4.74 Å². The lowest BCUT2D eigenvalue weighted by molar-refractivity contribution is -0.148.